The topological polar surface area (TPSA) is 208 Å². The SMILES string of the molecule is O=C(O)O.[Ce+3].[Co+2].[OH-].[OH-].[OH-].[OH-].[OH-]. The fraction of sp³-hybridized carbons (Fsp3) is 0. The van der Waals surface area contributed by atoms with Crippen molar-refractivity contribution in [3.63, 3.8) is 0 Å². The van der Waals surface area contributed by atoms with E-state index in [-0.39, 0.29) is 85.9 Å². The van der Waals surface area contributed by atoms with Crippen molar-refractivity contribution >= 4 is 6.16 Å². The second-order valence-corrected chi connectivity index (χ2v) is 0.283. The Morgan fingerprint density at radius 1 is 0.818 bits per heavy atom. The summed E-state index contributed by atoms with van der Waals surface area (Å²) in [6.07, 6.45) is -1.83. The first-order valence-electron chi connectivity index (χ1n) is 0.651. The van der Waals surface area contributed by atoms with Crippen LogP contribution in [0.2, 0.25) is 0 Å². The van der Waals surface area contributed by atoms with Gasteiger partial charge >= 0.3 is 64.7 Å². The molecule has 0 fully saturated rings. The molecule has 0 saturated carbocycles. The summed E-state index contributed by atoms with van der Waals surface area (Å²) in [7, 11) is 0. The summed E-state index contributed by atoms with van der Waals surface area (Å²) in [5, 5.41) is 13.9. The molecular formula is CH7CeCoO8. The van der Waals surface area contributed by atoms with Gasteiger partial charge in [-0.05, 0) is 0 Å². The maximum Gasteiger partial charge on any atom is 3.00 e. The number of hydrogen-bond donors (Lipinski definition) is 2. The van der Waals surface area contributed by atoms with Crippen molar-refractivity contribution in [1.29, 1.82) is 0 Å². The summed E-state index contributed by atoms with van der Waals surface area (Å²) in [6.45, 7) is 0. The zero-order valence-corrected chi connectivity index (χ0v) is 9.05. The maximum atomic E-state index is 8.56. The molecule has 0 aliphatic heterocycles. The van der Waals surface area contributed by atoms with Gasteiger partial charge < -0.3 is 37.6 Å². The van der Waals surface area contributed by atoms with Crippen LogP contribution in [0.4, 0.5) is 4.79 Å². The Morgan fingerprint density at radius 3 is 0.818 bits per heavy atom. The van der Waals surface area contributed by atoms with Crippen molar-refractivity contribution in [2.45, 2.75) is 0 Å². The minimum atomic E-state index is -1.83. The minimum Gasteiger partial charge on any atom is -0.870 e. The molecule has 0 atom stereocenters. The molecule has 0 rings (SSSR count). The molecule has 0 aromatic carbocycles. The molecule has 0 aromatic rings. The number of rotatable bonds is 0. The molecule has 72 valence electrons. The van der Waals surface area contributed by atoms with Crippen molar-refractivity contribution < 1.29 is 101 Å². The second kappa shape index (κ2) is 69.4. The molecule has 8 nitrogen and oxygen atoms in total. The second-order valence-electron chi connectivity index (χ2n) is 0.283. The molecule has 0 aromatic heterocycles. The summed E-state index contributed by atoms with van der Waals surface area (Å²) in [5.74, 6) is 0. The third-order valence-corrected chi connectivity index (χ3v) is 0. The van der Waals surface area contributed by atoms with Crippen LogP contribution in [0, 0.1) is 41.7 Å². The van der Waals surface area contributed by atoms with Gasteiger partial charge in [0.15, 0.2) is 0 Å². The Morgan fingerprint density at radius 2 is 0.818 bits per heavy atom. The minimum absolute atomic E-state index is 0. The van der Waals surface area contributed by atoms with Gasteiger partial charge in [0.25, 0.3) is 0 Å². The number of carbonyl (C=O) groups is 1. The molecule has 2 radical (unpaired) electrons. The third kappa shape index (κ3) is 966. The van der Waals surface area contributed by atoms with E-state index >= 15 is 0 Å². The van der Waals surface area contributed by atoms with E-state index < -0.39 is 6.16 Å². The van der Waals surface area contributed by atoms with Crippen LogP contribution in [0.3, 0.4) is 0 Å². The third-order valence-electron chi connectivity index (χ3n) is 0. The Labute approximate surface area is 106 Å². The predicted octanol–water partition coefficient (Wildman–Crippen LogP) is -0.664. The first-order chi connectivity index (χ1) is 1.73. The molecule has 0 spiro atoms. The van der Waals surface area contributed by atoms with Crippen LogP contribution in [0.15, 0.2) is 0 Å². The maximum absolute atomic E-state index is 8.56. The standard InChI is InChI=1S/CH2O3.Ce.Co.5H2O/c2-1(3)4;;;;;;;/h(H2,2,3,4);;;5*1H2/q;+3;+2;;;;;/p-5. The first kappa shape index (κ1) is 91.8. The van der Waals surface area contributed by atoms with Crippen LogP contribution in [0.1, 0.15) is 0 Å². The normalized spacial score (nSPS) is 2.18. The van der Waals surface area contributed by atoms with Gasteiger partial charge in [0.1, 0.15) is 0 Å². The van der Waals surface area contributed by atoms with Crippen LogP contribution in [0.25, 0.3) is 0 Å². The molecule has 0 heterocycles. The van der Waals surface area contributed by atoms with Gasteiger partial charge in [-0.15, -0.1) is 0 Å². The summed E-state index contributed by atoms with van der Waals surface area (Å²) in [6, 6.07) is 0. The van der Waals surface area contributed by atoms with E-state index in [2.05, 4.69) is 0 Å². The molecule has 7 N–H and O–H groups in total. The van der Waals surface area contributed by atoms with Gasteiger partial charge in [-0.1, -0.05) is 0 Å². The fourth-order valence-corrected chi connectivity index (χ4v) is 0. The average molecular weight is 346 g/mol. The van der Waals surface area contributed by atoms with Crippen molar-refractivity contribution in [3.8, 4) is 0 Å². The van der Waals surface area contributed by atoms with Crippen LogP contribution < -0.4 is 0 Å². The van der Waals surface area contributed by atoms with E-state index in [4.69, 9.17) is 15.0 Å². The average Bonchev–Trinajstić information content (AvgIpc) is 0.811. The van der Waals surface area contributed by atoms with Crippen molar-refractivity contribution in [2.75, 3.05) is 0 Å². The molecule has 10 heteroatoms. The van der Waals surface area contributed by atoms with E-state index in [1.54, 1.807) is 0 Å². The number of hydrogen-bond acceptors (Lipinski definition) is 6. The monoisotopic (exact) mass is 346 g/mol. The van der Waals surface area contributed by atoms with Crippen molar-refractivity contribution in [1.82, 2.24) is 0 Å². The Bertz CT molecular complexity index is 37.1. The molecule has 0 amide bonds. The van der Waals surface area contributed by atoms with Gasteiger partial charge in [-0.25, -0.2) is 4.79 Å². The molecule has 0 saturated heterocycles. The molecule has 0 aliphatic carbocycles. The van der Waals surface area contributed by atoms with Crippen LogP contribution >= 0.6 is 0 Å². The van der Waals surface area contributed by atoms with Gasteiger partial charge in [-0.2, -0.15) is 0 Å². The summed E-state index contributed by atoms with van der Waals surface area (Å²) in [5.41, 5.74) is 0. The Kier molecular flexibility index (Phi) is 579. The summed E-state index contributed by atoms with van der Waals surface area (Å²) < 4.78 is 0. The van der Waals surface area contributed by atoms with Gasteiger partial charge in [-0.3, -0.25) is 0 Å². The fourth-order valence-electron chi connectivity index (χ4n) is 0. The van der Waals surface area contributed by atoms with E-state index in [1.807, 2.05) is 0 Å². The first-order valence-corrected chi connectivity index (χ1v) is 0.651. The summed E-state index contributed by atoms with van der Waals surface area (Å²) >= 11 is 0. The molecule has 11 heavy (non-hydrogen) atoms. The predicted molar refractivity (Wildman–Crippen MR) is 20.3 cm³/mol. The number of carboxylic acid groups (broad SMARTS) is 2. The van der Waals surface area contributed by atoms with Crippen molar-refractivity contribution in [2.24, 2.45) is 0 Å². The Balaban J connectivity index is -0.00000000214. The van der Waals surface area contributed by atoms with Crippen LogP contribution in [-0.4, -0.2) is 43.7 Å². The van der Waals surface area contributed by atoms with Crippen LogP contribution in [0.5, 0.6) is 0 Å². The molecule has 0 aliphatic rings. The van der Waals surface area contributed by atoms with Gasteiger partial charge in [0, 0.05) is 0 Å². The molecule has 0 unspecified atom stereocenters. The molecule has 0 bridgehead atoms. The van der Waals surface area contributed by atoms with Crippen LogP contribution in [-0.2, 0) is 16.8 Å². The van der Waals surface area contributed by atoms with Crippen molar-refractivity contribution in [3.05, 3.63) is 0 Å². The quantitative estimate of drug-likeness (QED) is 0.573. The van der Waals surface area contributed by atoms with E-state index in [9.17, 15) is 0 Å². The van der Waals surface area contributed by atoms with Gasteiger partial charge in [0.2, 0.25) is 0 Å². The van der Waals surface area contributed by atoms with E-state index in [0.717, 1.165) is 0 Å². The summed E-state index contributed by atoms with van der Waals surface area (Å²) in [4.78, 5) is 8.56. The van der Waals surface area contributed by atoms with Gasteiger partial charge in [0.05, 0.1) is 0 Å². The smallest absolute Gasteiger partial charge is 0.870 e. The van der Waals surface area contributed by atoms with E-state index in [0.29, 0.717) is 0 Å². The largest absolute Gasteiger partial charge is 3.00 e. The zero-order valence-electron chi connectivity index (χ0n) is 4.87. The Hall–Kier alpha value is 0.953. The zero-order chi connectivity index (χ0) is 3.58. The van der Waals surface area contributed by atoms with E-state index in [1.165, 1.54) is 0 Å². The molecular weight excluding hydrogens is 339 g/mol.